The normalized spacial score (nSPS) is 7.20. The van der Waals surface area contributed by atoms with E-state index in [0.717, 1.165) is 0 Å². The van der Waals surface area contributed by atoms with Crippen LogP contribution in [-0.2, 0) is 22.4 Å². The molecule has 0 atom stereocenters. The molecule has 0 bridgehead atoms. The van der Waals surface area contributed by atoms with Gasteiger partial charge in [-0.15, -0.1) is 0 Å². The van der Waals surface area contributed by atoms with Crippen LogP contribution in [0.15, 0.2) is 0 Å². The van der Waals surface area contributed by atoms with Crippen LogP contribution in [-0.4, -0.2) is 4.89 Å². The van der Waals surface area contributed by atoms with E-state index in [1.807, 2.05) is 0 Å². The molecule has 0 aromatic rings. The maximum Gasteiger partial charge on any atom is 0 e. The topological polar surface area (TPSA) is 66.3 Å². The average Bonchev–Trinajstić information content (AvgIpc) is 0.811. The van der Waals surface area contributed by atoms with Crippen molar-refractivity contribution in [3.05, 3.63) is 0 Å². The molecule has 0 aliphatic carbocycles. The summed E-state index contributed by atoms with van der Waals surface area (Å²) in [6.45, 7) is 0. The van der Waals surface area contributed by atoms with Gasteiger partial charge in [0.05, 0.1) is 0 Å². The molecule has 0 saturated carbocycles. The van der Waals surface area contributed by atoms with Crippen molar-refractivity contribution < 1.29 is 37.1 Å². The second-order valence-corrected chi connectivity index (χ2v) is 0.714. The van der Waals surface area contributed by atoms with Crippen molar-refractivity contribution in [2.75, 3.05) is 0 Å². The van der Waals surface area contributed by atoms with Gasteiger partial charge in [0, 0.05) is 22.4 Å². The Morgan fingerprint density at radius 1 is 1.40 bits per heavy atom. The van der Waals surface area contributed by atoms with Gasteiger partial charge >= 0.3 is 0 Å². The molecule has 0 heterocycles. The summed E-state index contributed by atoms with van der Waals surface area (Å²) in [5.74, 6) is 0. The van der Waals surface area contributed by atoms with E-state index >= 15 is 0 Å². The van der Waals surface area contributed by atoms with Gasteiger partial charge < -0.3 is 14.7 Å². The number of hydrogen-bond donors (Lipinski definition) is 1. The average molecular weight is 188 g/mol. The molecular weight excluding hydrogens is 187 g/mol. The van der Waals surface area contributed by atoms with Gasteiger partial charge in [0.2, 0.25) is 0 Å². The molecule has 0 unspecified atom stereocenters. The van der Waals surface area contributed by atoms with Crippen molar-refractivity contribution in [2.24, 2.45) is 0 Å². The predicted octanol–water partition coefficient (Wildman–Crippen LogP) is -2.08. The van der Waals surface area contributed by atoms with Gasteiger partial charge in [0.15, 0.2) is 0 Å². The molecule has 1 radical (unpaired) electrons. The van der Waals surface area contributed by atoms with E-state index in [-0.39, 0.29) is 22.4 Å². The smallest absolute Gasteiger partial charge is 0 e. The Balaban J connectivity index is 0. The molecule has 0 aromatic carbocycles. The molecule has 5 heteroatoms. The fourth-order valence-corrected chi connectivity index (χ4v) is 0. The van der Waals surface area contributed by atoms with E-state index in [4.69, 9.17) is 14.7 Å². The van der Waals surface area contributed by atoms with Gasteiger partial charge in [-0.1, -0.05) is 0 Å². The fraction of sp³-hybridized carbons (Fsp3) is 0. The van der Waals surface area contributed by atoms with Crippen molar-refractivity contribution in [3.8, 4) is 0 Å². The van der Waals surface area contributed by atoms with Crippen molar-refractivity contribution in [1.82, 2.24) is 0 Å². The first-order chi connectivity index (χ1) is 1.73. The number of hydrogen-bond acceptors (Lipinski definition) is 3. The number of rotatable bonds is 0. The summed E-state index contributed by atoms with van der Waals surface area (Å²) < 4.78 is 0. The molecule has 0 amide bonds. The van der Waals surface area contributed by atoms with Crippen LogP contribution in [0.5, 0.6) is 0 Å². The summed E-state index contributed by atoms with van der Waals surface area (Å²) >= 11 is 0. The van der Waals surface area contributed by atoms with E-state index in [0.29, 0.717) is 0 Å². The summed E-state index contributed by atoms with van der Waals surface area (Å²) in [7, 11) is -3.12. The van der Waals surface area contributed by atoms with E-state index in [9.17, 15) is 0 Å². The minimum atomic E-state index is -3.12. The van der Waals surface area contributed by atoms with Crippen molar-refractivity contribution in [2.45, 2.75) is 0 Å². The Morgan fingerprint density at radius 2 is 1.40 bits per heavy atom. The standard InChI is InChI=1S/Ag.HO3P/c;1-4(2)3/h;1H/q;-2. The van der Waals surface area contributed by atoms with E-state index < -0.39 is 8.60 Å². The molecule has 37 valence electrons. The molecule has 0 rings (SSSR count). The van der Waals surface area contributed by atoms with E-state index in [1.54, 1.807) is 0 Å². The molecule has 0 aliphatic heterocycles. The van der Waals surface area contributed by atoms with Crippen LogP contribution in [0.2, 0.25) is 0 Å². The fourth-order valence-electron chi connectivity index (χ4n) is 0. The maximum absolute atomic E-state index is 8.59. The zero-order chi connectivity index (χ0) is 3.58. The van der Waals surface area contributed by atoms with Crippen LogP contribution in [0, 0.1) is 0 Å². The van der Waals surface area contributed by atoms with Gasteiger partial charge in [0.25, 0.3) is 0 Å². The minimum Gasteiger partial charge on any atom is -0.820 e. The Morgan fingerprint density at radius 3 is 1.40 bits per heavy atom. The maximum atomic E-state index is 8.59. The first-order valence-corrected chi connectivity index (χ1v) is 1.70. The Bertz CT molecular complexity index is 11.6. The molecule has 1 N–H and O–H groups in total. The monoisotopic (exact) mass is 187 g/mol. The van der Waals surface area contributed by atoms with Crippen LogP contribution in [0.3, 0.4) is 0 Å². The SMILES string of the molecule is [Ag].[O-]P([O-])O. The summed E-state index contributed by atoms with van der Waals surface area (Å²) in [5, 5.41) is 0. The second kappa shape index (κ2) is 5.05. The molecule has 5 heavy (non-hydrogen) atoms. The van der Waals surface area contributed by atoms with Crippen LogP contribution < -0.4 is 9.79 Å². The van der Waals surface area contributed by atoms with Crippen LogP contribution >= 0.6 is 8.60 Å². The Kier molecular flexibility index (Phi) is 9.50. The van der Waals surface area contributed by atoms with Crippen molar-refractivity contribution in [1.29, 1.82) is 0 Å². The molecule has 3 nitrogen and oxygen atoms in total. The zero-order valence-corrected chi connectivity index (χ0v) is 4.39. The van der Waals surface area contributed by atoms with Crippen LogP contribution in [0.1, 0.15) is 0 Å². The van der Waals surface area contributed by atoms with Crippen molar-refractivity contribution in [3.63, 3.8) is 0 Å². The third-order valence-corrected chi connectivity index (χ3v) is 0. The van der Waals surface area contributed by atoms with Gasteiger partial charge in [-0.2, -0.15) is 8.60 Å². The summed E-state index contributed by atoms with van der Waals surface area (Å²) in [6.07, 6.45) is 0. The quantitative estimate of drug-likeness (QED) is 0.350. The minimum absolute atomic E-state index is 0. The third-order valence-electron chi connectivity index (χ3n) is 0. The van der Waals surface area contributed by atoms with Crippen molar-refractivity contribution >= 4 is 8.60 Å². The Hall–Kier alpha value is 1.05. The van der Waals surface area contributed by atoms with Gasteiger partial charge in [-0.3, -0.25) is 0 Å². The summed E-state index contributed by atoms with van der Waals surface area (Å²) in [4.78, 5) is 24.2. The first-order valence-electron chi connectivity index (χ1n) is 0.565. The zero-order valence-electron chi connectivity index (χ0n) is 2.01. The van der Waals surface area contributed by atoms with E-state index in [1.165, 1.54) is 0 Å². The van der Waals surface area contributed by atoms with Crippen LogP contribution in [0.4, 0.5) is 0 Å². The predicted molar refractivity (Wildman–Crippen MR) is 9.14 cm³/mol. The summed E-state index contributed by atoms with van der Waals surface area (Å²) in [5.41, 5.74) is 0. The Labute approximate surface area is 46.2 Å². The second-order valence-electron chi connectivity index (χ2n) is 0.238. The van der Waals surface area contributed by atoms with Gasteiger partial charge in [-0.25, -0.2) is 0 Å². The third kappa shape index (κ3) is 42.6. The molecular formula is HAgO3P-2. The molecule has 0 saturated heterocycles. The van der Waals surface area contributed by atoms with Crippen LogP contribution in [0.25, 0.3) is 0 Å². The van der Waals surface area contributed by atoms with Gasteiger partial charge in [-0.05, 0) is 0 Å². The molecule has 0 spiro atoms. The molecule has 0 fully saturated rings. The summed E-state index contributed by atoms with van der Waals surface area (Å²) in [6, 6.07) is 0. The first kappa shape index (κ1) is 9.41. The molecule has 0 aliphatic rings. The largest absolute Gasteiger partial charge is 0.820 e. The van der Waals surface area contributed by atoms with E-state index in [2.05, 4.69) is 0 Å². The molecule has 0 aromatic heterocycles. The van der Waals surface area contributed by atoms with Gasteiger partial charge in [0.1, 0.15) is 0 Å².